The highest BCUT2D eigenvalue weighted by molar-refractivity contribution is 8.06. The van der Waals surface area contributed by atoms with Crippen LogP contribution in [0.5, 0.6) is 5.75 Å². The van der Waals surface area contributed by atoms with Crippen LogP contribution >= 0.6 is 11.8 Å². The Morgan fingerprint density at radius 1 is 1.09 bits per heavy atom. The van der Waals surface area contributed by atoms with E-state index < -0.39 is 17.7 Å². The third kappa shape index (κ3) is 6.70. The zero-order chi connectivity index (χ0) is 24.9. The van der Waals surface area contributed by atoms with Gasteiger partial charge < -0.3 is 14.0 Å². The van der Waals surface area contributed by atoms with Crippen LogP contribution in [0, 0.1) is 0 Å². The Bertz CT molecular complexity index is 1210. The molecular formula is C26H26F3NO3S. The molecule has 1 aromatic heterocycles. The number of aromatic nitrogens is 1. The molecule has 0 radical (unpaired) electrons. The van der Waals surface area contributed by atoms with Crippen LogP contribution in [0.3, 0.4) is 0 Å². The SMILES string of the molecule is C=C(Cc1ccc(C(F)(F)F)cc1)SC(Cn1ccc2ccc(OCC(=O)OC)cc21)=C(C)C. The lowest BCUT2D eigenvalue weighted by atomic mass is 10.1. The number of hydrogen-bond donors (Lipinski definition) is 0. The number of benzene rings is 2. The van der Waals surface area contributed by atoms with Crippen LogP contribution in [0.15, 0.2) is 76.7 Å². The summed E-state index contributed by atoms with van der Waals surface area (Å²) in [5, 5.41) is 1.03. The molecule has 4 nitrogen and oxygen atoms in total. The summed E-state index contributed by atoms with van der Waals surface area (Å²) in [6, 6.07) is 12.8. The summed E-state index contributed by atoms with van der Waals surface area (Å²) in [4.78, 5) is 13.3. The first-order valence-corrected chi connectivity index (χ1v) is 11.3. The second kappa shape index (κ2) is 10.9. The number of carbonyl (C=O) groups is 1. The van der Waals surface area contributed by atoms with Gasteiger partial charge in [0.1, 0.15) is 5.75 Å². The van der Waals surface area contributed by atoms with Crippen molar-refractivity contribution < 1.29 is 27.4 Å². The fraction of sp³-hybridized carbons (Fsp3) is 0.269. The first-order chi connectivity index (χ1) is 16.1. The van der Waals surface area contributed by atoms with Gasteiger partial charge in [-0.1, -0.05) is 36.0 Å². The minimum absolute atomic E-state index is 0.165. The standard InChI is InChI=1S/C26H26F3NO3S/c1-17(2)24(34-18(3)13-19-5-8-21(9-6-19)26(27,28)29)15-30-12-11-20-7-10-22(14-23(20)30)33-16-25(31)32-4/h5-12,14H,3,13,15-16H2,1-2,4H3. The van der Waals surface area contributed by atoms with Gasteiger partial charge in [-0.05, 0) is 60.0 Å². The van der Waals surface area contributed by atoms with Crippen molar-refractivity contribution in [1.82, 2.24) is 4.57 Å². The number of ether oxygens (including phenoxy) is 2. The van der Waals surface area contributed by atoms with Crippen molar-refractivity contribution in [2.75, 3.05) is 13.7 Å². The molecule has 3 aromatic rings. The molecule has 180 valence electrons. The summed E-state index contributed by atoms with van der Waals surface area (Å²) >= 11 is 1.54. The van der Waals surface area contributed by atoms with Gasteiger partial charge in [0, 0.05) is 23.6 Å². The topological polar surface area (TPSA) is 40.5 Å². The highest BCUT2D eigenvalue weighted by Gasteiger charge is 2.29. The van der Waals surface area contributed by atoms with Gasteiger partial charge in [0.25, 0.3) is 0 Å². The number of alkyl halides is 3. The van der Waals surface area contributed by atoms with Crippen molar-refractivity contribution >= 4 is 28.6 Å². The molecule has 2 aromatic carbocycles. The number of carbonyl (C=O) groups excluding carboxylic acids is 1. The molecule has 0 spiro atoms. The zero-order valence-electron chi connectivity index (χ0n) is 19.2. The predicted octanol–water partition coefficient (Wildman–Crippen LogP) is 7.00. The predicted molar refractivity (Wildman–Crippen MR) is 130 cm³/mol. The summed E-state index contributed by atoms with van der Waals surface area (Å²) in [5.74, 6) is 0.112. The fourth-order valence-electron chi connectivity index (χ4n) is 3.29. The molecule has 1 heterocycles. The summed E-state index contributed by atoms with van der Waals surface area (Å²) in [6.07, 6.45) is -1.89. The van der Waals surface area contributed by atoms with Crippen molar-refractivity contribution in [2.45, 2.75) is 33.0 Å². The molecule has 0 unspecified atom stereocenters. The molecule has 0 amide bonds. The Kier molecular flexibility index (Phi) is 8.15. The van der Waals surface area contributed by atoms with E-state index in [1.54, 1.807) is 6.07 Å². The van der Waals surface area contributed by atoms with Crippen molar-refractivity contribution in [3.8, 4) is 5.75 Å². The van der Waals surface area contributed by atoms with Gasteiger partial charge in [-0.15, -0.1) is 0 Å². The van der Waals surface area contributed by atoms with Crippen molar-refractivity contribution in [3.05, 3.63) is 87.8 Å². The van der Waals surface area contributed by atoms with E-state index in [9.17, 15) is 18.0 Å². The number of thioether (sulfide) groups is 1. The molecular weight excluding hydrogens is 463 g/mol. The van der Waals surface area contributed by atoms with Gasteiger partial charge in [0.2, 0.25) is 0 Å². The van der Waals surface area contributed by atoms with Gasteiger partial charge in [-0.25, -0.2) is 4.79 Å². The highest BCUT2D eigenvalue weighted by atomic mass is 32.2. The lowest BCUT2D eigenvalue weighted by Crippen LogP contribution is -2.12. The minimum Gasteiger partial charge on any atom is -0.482 e. The molecule has 0 aliphatic rings. The van der Waals surface area contributed by atoms with Crippen LogP contribution in [-0.4, -0.2) is 24.3 Å². The van der Waals surface area contributed by atoms with Gasteiger partial charge in [-0.2, -0.15) is 13.2 Å². The van der Waals surface area contributed by atoms with E-state index in [-0.39, 0.29) is 6.61 Å². The monoisotopic (exact) mass is 489 g/mol. The van der Waals surface area contributed by atoms with Gasteiger partial charge in [0.15, 0.2) is 6.61 Å². The molecule has 0 bridgehead atoms. The largest absolute Gasteiger partial charge is 0.482 e. The van der Waals surface area contributed by atoms with Crippen LogP contribution in [-0.2, 0) is 28.7 Å². The Hall–Kier alpha value is -3.13. The molecule has 0 atom stereocenters. The summed E-state index contributed by atoms with van der Waals surface area (Å²) in [6.45, 7) is 8.60. The van der Waals surface area contributed by atoms with E-state index >= 15 is 0 Å². The maximum Gasteiger partial charge on any atom is 0.416 e. The fourth-order valence-corrected chi connectivity index (χ4v) is 4.28. The molecule has 0 N–H and O–H groups in total. The number of rotatable bonds is 9. The van der Waals surface area contributed by atoms with Crippen molar-refractivity contribution in [1.29, 1.82) is 0 Å². The van der Waals surface area contributed by atoms with E-state index in [0.29, 0.717) is 18.7 Å². The van der Waals surface area contributed by atoms with E-state index in [2.05, 4.69) is 15.9 Å². The Labute approximate surface area is 201 Å². The molecule has 0 aliphatic heterocycles. The lowest BCUT2D eigenvalue weighted by molar-refractivity contribution is -0.143. The smallest absolute Gasteiger partial charge is 0.416 e. The normalized spacial score (nSPS) is 11.4. The van der Waals surface area contributed by atoms with Crippen LogP contribution in [0.4, 0.5) is 13.2 Å². The number of methoxy groups -OCH3 is 1. The van der Waals surface area contributed by atoms with E-state index in [1.165, 1.54) is 31.0 Å². The lowest BCUT2D eigenvalue weighted by Gasteiger charge is -2.15. The molecule has 8 heteroatoms. The number of allylic oxidation sites excluding steroid dienone is 3. The van der Waals surface area contributed by atoms with Crippen LogP contribution in [0.2, 0.25) is 0 Å². The third-order valence-electron chi connectivity index (χ3n) is 5.15. The average molecular weight is 490 g/mol. The maximum absolute atomic E-state index is 12.8. The van der Waals surface area contributed by atoms with Crippen molar-refractivity contribution in [2.24, 2.45) is 0 Å². The number of hydrogen-bond acceptors (Lipinski definition) is 4. The molecule has 0 fully saturated rings. The number of nitrogens with zero attached hydrogens (tertiary/aromatic N) is 1. The quantitative estimate of drug-likeness (QED) is 0.304. The van der Waals surface area contributed by atoms with Crippen molar-refractivity contribution in [3.63, 3.8) is 0 Å². The van der Waals surface area contributed by atoms with Gasteiger partial charge in [0.05, 0.1) is 24.7 Å². The van der Waals surface area contributed by atoms with Crippen LogP contribution < -0.4 is 4.74 Å². The molecule has 34 heavy (non-hydrogen) atoms. The Morgan fingerprint density at radius 2 is 1.79 bits per heavy atom. The first kappa shape index (κ1) is 25.5. The second-order valence-electron chi connectivity index (χ2n) is 7.96. The highest BCUT2D eigenvalue weighted by Crippen LogP contribution is 2.33. The molecule has 3 rings (SSSR count). The molecule has 0 saturated carbocycles. The first-order valence-electron chi connectivity index (χ1n) is 10.5. The Morgan fingerprint density at radius 3 is 2.41 bits per heavy atom. The maximum atomic E-state index is 12.8. The van der Waals surface area contributed by atoms with Crippen LogP contribution in [0.25, 0.3) is 10.9 Å². The van der Waals surface area contributed by atoms with E-state index in [0.717, 1.165) is 44.0 Å². The van der Waals surface area contributed by atoms with E-state index in [1.807, 2.05) is 38.2 Å². The van der Waals surface area contributed by atoms with E-state index in [4.69, 9.17) is 4.74 Å². The summed E-state index contributed by atoms with van der Waals surface area (Å²) in [7, 11) is 1.31. The third-order valence-corrected chi connectivity index (χ3v) is 6.37. The molecule has 0 aliphatic carbocycles. The second-order valence-corrected chi connectivity index (χ2v) is 9.24. The minimum atomic E-state index is -4.34. The number of esters is 1. The molecule has 0 saturated heterocycles. The zero-order valence-corrected chi connectivity index (χ0v) is 20.1. The summed E-state index contributed by atoms with van der Waals surface area (Å²) in [5.41, 5.74) is 2.19. The van der Waals surface area contributed by atoms with Crippen LogP contribution in [0.1, 0.15) is 25.0 Å². The Balaban J connectivity index is 1.70. The average Bonchev–Trinajstić information content (AvgIpc) is 3.18. The van der Waals surface area contributed by atoms with Gasteiger partial charge >= 0.3 is 12.1 Å². The number of fused-ring (bicyclic) bond motifs is 1. The number of halogens is 3. The van der Waals surface area contributed by atoms with Gasteiger partial charge in [-0.3, -0.25) is 0 Å². The summed E-state index contributed by atoms with van der Waals surface area (Å²) < 4.78 is 50.6.